The van der Waals surface area contributed by atoms with E-state index < -0.39 is 0 Å². The normalized spacial score (nSPS) is 16.7. The summed E-state index contributed by atoms with van der Waals surface area (Å²) in [5.41, 5.74) is 2.72. The molecule has 100 valence electrons. The highest BCUT2D eigenvalue weighted by molar-refractivity contribution is 5.61. The Balaban J connectivity index is 1.92. The lowest BCUT2D eigenvalue weighted by Crippen LogP contribution is -2.27. The van der Waals surface area contributed by atoms with Gasteiger partial charge in [0.25, 0.3) is 0 Å². The summed E-state index contributed by atoms with van der Waals surface area (Å²) in [5.74, 6) is 1.31. The molecular formula is C15H18FN3. The van der Waals surface area contributed by atoms with Gasteiger partial charge in [0, 0.05) is 17.2 Å². The lowest BCUT2D eigenvalue weighted by Gasteiger charge is -2.20. The van der Waals surface area contributed by atoms with E-state index in [1.807, 2.05) is 13.0 Å². The Kier molecular flexibility index (Phi) is 3.34. The summed E-state index contributed by atoms with van der Waals surface area (Å²) in [6.07, 6.45) is 2.21. The zero-order valence-corrected chi connectivity index (χ0v) is 11.0. The van der Waals surface area contributed by atoms with Gasteiger partial charge in [0.1, 0.15) is 11.6 Å². The fourth-order valence-electron chi connectivity index (χ4n) is 2.69. The number of benzene rings is 1. The molecule has 0 unspecified atom stereocenters. The van der Waals surface area contributed by atoms with E-state index in [9.17, 15) is 4.39 Å². The maximum absolute atomic E-state index is 13.3. The predicted octanol–water partition coefficient (Wildman–Crippen LogP) is 2.99. The van der Waals surface area contributed by atoms with Crippen molar-refractivity contribution in [2.45, 2.75) is 25.7 Å². The highest BCUT2D eigenvalue weighted by Crippen LogP contribution is 2.28. The molecule has 0 amide bonds. The minimum absolute atomic E-state index is 0.219. The first-order valence-corrected chi connectivity index (χ1v) is 6.77. The second-order valence-corrected chi connectivity index (χ2v) is 5.13. The molecule has 2 aromatic rings. The Labute approximate surface area is 112 Å². The third-order valence-electron chi connectivity index (χ3n) is 3.73. The van der Waals surface area contributed by atoms with E-state index in [4.69, 9.17) is 4.98 Å². The molecule has 1 aliphatic heterocycles. The predicted molar refractivity (Wildman–Crippen MR) is 73.6 cm³/mol. The van der Waals surface area contributed by atoms with Gasteiger partial charge in [-0.3, -0.25) is 0 Å². The number of aromatic nitrogens is 2. The number of imidazole rings is 1. The van der Waals surface area contributed by atoms with E-state index in [-0.39, 0.29) is 5.82 Å². The third kappa shape index (κ3) is 2.54. The van der Waals surface area contributed by atoms with Crippen LogP contribution in [0.25, 0.3) is 11.3 Å². The van der Waals surface area contributed by atoms with Crippen molar-refractivity contribution in [1.29, 1.82) is 0 Å². The van der Waals surface area contributed by atoms with Crippen molar-refractivity contribution in [2.75, 3.05) is 13.1 Å². The van der Waals surface area contributed by atoms with Gasteiger partial charge < -0.3 is 10.3 Å². The van der Waals surface area contributed by atoms with Crippen LogP contribution in [0.2, 0.25) is 0 Å². The van der Waals surface area contributed by atoms with Crippen LogP contribution in [-0.2, 0) is 0 Å². The van der Waals surface area contributed by atoms with Crippen molar-refractivity contribution in [3.05, 3.63) is 41.6 Å². The van der Waals surface area contributed by atoms with Gasteiger partial charge in [0.15, 0.2) is 0 Å². The monoisotopic (exact) mass is 259 g/mol. The number of hydrogen-bond acceptors (Lipinski definition) is 2. The molecular weight excluding hydrogens is 241 g/mol. The van der Waals surface area contributed by atoms with Gasteiger partial charge in [0.2, 0.25) is 0 Å². The van der Waals surface area contributed by atoms with Crippen LogP contribution in [0, 0.1) is 12.7 Å². The molecule has 0 aliphatic carbocycles. The fraction of sp³-hybridized carbons (Fsp3) is 0.400. The van der Waals surface area contributed by atoms with Gasteiger partial charge in [-0.2, -0.15) is 0 Å². The van der Waals surface area contributed by atoms with E-state index in [2.05, 4.69) is 10.3 Å². The molecule has 4 heteroatoms. The number of aryl methyl sites for hydroxylation is 1. The molecule has 1 saturated heterocycles. The fourth-order valence-corrected chi connectivity index (χ4v) is 2.69. The lowest BCUT2D eigenvalue weighted by atomic mass is 9.98. The van der Waals surface area contributed by atoms with Crippen LogP contribution in [0.1, 0.15) is 30.3 Å². The van der Waals surface area contributed by atoms with Crippen molar-refractivity contribution in [3.8, 4) is 11.3 Å². The molecule has 2 heterocycles. The van der Waals surface area contributed by atoms with Crippen LogP contribution in [-0.4, -0.2) is 23.1 Å². The van der Waals surface area contributed by atoms with Crippen LogP contribution in [0.4, 0.5) is 4.39 Å². The van der Waals surface area contributed by atoms with E-state index in [0.29, 0.717) is 5.92 Å². The highest BCUT2D eigenvalue weighted by atomic mass is 19.1. The van der Waals surface area contributed by atoms with Gasteiger partial charge >= 0.3 is 0 Å². The third-order valence-corrected chi connectivity index (χ3v) is 3.73. The first-order chi connectivity index (χ1) is 9.24. The molecule has 2 N–H and O–H groups in total. The van der Waals surface area contributed by atoms with Gasteiger partial charge in [-0.15, -0.1) is 0 Å². The lowest BCUT2D eigenvalue weighted by molar-refractivity contribution is 0.447. The molecule has 0 radical (unpaired) electrons. The Morgan fingerprint density at radius 3 is 2.79 bits per heavy atom. The minimum Gasteiger partial charge on any atom is -0.345 e. The number of H-pyrrole nitrogens is 1. The topological polar surface area (TPSA) is 40.7 Å². The number of halogens is 1. The van der Waals surface area contributed by atoms with Crippen molar-refractivity contribution in [2.24, 2.45) is 0 Å². The maximum atomic E-state index is 13.3. The first-order valence-electron chi connectivity index (χ1n) is 6.77. The second kappa shape index (κ2) is 5.13. The van der Waals surface area contributed by atoms with Crippen molar-refractivity contribution >= 4 is 0 Å². The summed E-state index contributed by atoms with van der Waals surface area (Å²) in [6.45, 7) is 4.08. The van der Waals surface area contributed by atoms with Crippen LogP contribution in [0.15, 0.2) is 24.3 Å². The number of rotatable bonds is 2. The summed E-state index contributed by atoms with van der Waals surface area (Å²) in [7, 11) is 0. The molecule has 19 heavy (non-hydrogen) atoms. The summed E-state index contributed by atoms with van der Waals surface area (Å²) in [6, 6.07) is 6.62. The first kappa shape index (κ1) is 12.4. The molecule has 1 aliphatic rings. The number of piperidine rings is 1. The maximum Gasteiger partial charge on any atom is 0.123 e. The summed E-state index contributed by atoms with van der Waals surface area (Å²) < 4.78 is 13.3. The quantitative estimate of drug-likeness (QED) is 0.870. The summed E-state index contributed by atoms with van der Waals surface area (Å²) >= 11 is 0. The minimum atomic E-state index is -0.219. The van der Waals surface area contributed by atoms with Gasteiger partial charge in [0.05, 0.1) is 5.69 Å². The smallest absolute Gasteiger partial charge is 0.123 e. The SMILES string of the molecule is Cc1[nH]c(C2CCNCC2)nc1-c1cccc(F)c1. The Morgan fingerprint density at radius 2 is 2.05 bits per heavy atom. The number of nitrogens with one attached hydrogen (secondary N) is 2. The van der Waals surface area contributed by atoms with Crippen molar-refractivity contribution in [1.82, 2.24) is 15.3 Å². The Morgan fingerprint density at radius 1 is 1.26 bits per heavy atom. The zero-order chi connectivity index (χ0) is 13.2. The van der Waals surface area contributed by atoms with Gasteiger partial charge in [-0.05, 0) is 45.0 Å². The van der Waals surface area contributed by atoms with Gasteiger partial charge in [-0.25, -0.2) is 9.37 Å². The molecule has 3 nitrogen and oxygen atoms in total. The van der Waals surface area contributed by atoms with Gasteiger partial charge in [-0.1, -0.05) is 12.1 Å². The van der Waals surface area contributed by atoms with E-state index in [1.165, 1.54) is 12.1 Å². The van der Waals surface area contributed by atoms with Crippen LogP contribution in [0.5, 0.6) is 0 Å². The molecule has 0 spiro atoms. The standard InChI is InChI=1S/C15H18FN3/c1-10-14(12-3-2-4-13(16)9-12)19-15(18-10)11-5-7-17-8-6-11/h2-4,9,11,17H,5-8H2,1H3,(H,18,19). The van der Waals surface area contributed by atoms with E-state index in [1.54, 1.807) is 6.07 Å². The molecule has 0 saturated carbocycles. The van der Waals surface area contributed by atoms with Crippen LogP contribution >= 0.6 is 0 Å². The summed E-state index contributed by atoms with van der Waals surface area (Å²) in [4.78, 5) is 8.07. The van der Waals surface area contributed by atoms with Crippen molar-refractivity contribution in [3.63, 3.8) is 0 Å². The molecule has 1 aromatic carbocycles. The van der Waals surface area contributed by atoms with E-state index in [0.717, 1.165) is 48.7 Å². The van der Waals surface area contributed by atoms with Crippen LogP contribution < -0.4 is 5.32 Å². The van der Waals surface area contributed by atoms with Crippen molar-refractivity contribution < 1.29 is 4.39 Å². The average Bonchev–Trinajstić information content (AvgIpc) is 2.82. The molecule has 1 fully saturated rings. The Bertz CT molecular complexity index is 571. The number of aromatic amines is 1. The number of nitrogens with zero attached hydrogens (tertiary/aromatic N) is 1. The molecule has 0 atom stereocenters. The largest absolute Gasteiger partial charge is 0.345 e. The molecule has 1 aromatic heterocycles. The van der Waals surface area contributed by atoms with Crippen LogP contribution in [0.3, 0.4) is 0 Å². The highest BCUT2D eigenvalue weighted by Gasteiger charge is 2.20. The summed E-state index contributed by atoms with van der Waals surface area (Å²) in [5, 5.41) is 3.35. The molecule has 3 rings (SSSR count). The number of hydrogen-bond donors (Lipinski definition) is 2. The average molecular weight is 259 g/mol. The second-order valence-electron chi connectivity index (χ2n) is 5.13. The Hall–Kier alpha value is -1.68. The zero-order valence-electron chi connectivity index (χ0n) is 11.0. The molecule has 0 bridgehead atoms. The van der Waals surface area contributed by atoms with E-state index >= 15 is 0 Å².